The van der Waals surface area contributed by atoms with Crippen LogP contribution in [0.3, 0.4) is 0 Å². The minimum Gasteiger partial charge on any atom is -0.378 e. The molecule has 0 radical (unpaired) electrons. The minimum absolute atomic E-state index is 0.000468. The maximum absolute atomic E-state index is 12.1. The molecule has 1 aromatic carbocycles. The molecule has 0 bridgehead atoms. The maximum Gasteiger partial charge on any atom is 0.224 e. The summed E-state index contributed by atoms with van der Waals surface area (Å²) < 4.78 is 5.22. The Bertz CT molecular complexity index is 706. The smallest absolute Gasteiger partial charge is 0.224 e. The molecule has 0 saturated carbocycles. The Kier molecular flexibility index (Phi) is 4.83. The second kappa shape index (κ2) is 7.19. The topological polar surface area (TPSA) is 71.5 Å². The number of nitrogens with zero attached hydrogens (tertiary/aromatic N) is 2. The number of morpholine rings is 1. The number of nitrogens with one attached hydrogen (secondary N) is 1. The Hall–Kier alpha value is -2.47. The van der Waals surface area contributed by atoms with Crippen LogP contribution in [-0.4, -0.2) is 48.0 Å². The Labute approximate surface area is 134 Å². The standard InChI is InChI=1S/C17H19N3O3/c21-15(6-7-16(22)20-9-11-23-12-10-20)19-14-5-1-3-13-4-2-8-18-17(13)14/h1-5,8H,6-7,9-12H2,(H,19,21). The van der Waals surface area contributed by atoms with Crippen LogP contribution in [0.5, 0.6) is 0 Å². The fourth-order valence-corrected chi connectivity index (χ4v) is 2.61. The zero-order valence-electron chi connectivity index (χ0n) is 12.8. The Morgan fingerprint density at radius 1 is 1.13 bits per heavy atom. The fraction of sp³-hybridized carbons (Fsp3) is 0.353. The maximum atomic E-state index is 12.1. The normalized spacial score (nSPS) is 14.7. The van der Waals surface area contributed by atoms with Crippen molar-refractivity contribution in [2.45, 2.75) is 12.8 Å². The SMILES string of the molecule is O=C(CCC(=O)N1CCOCC1)Nc1cccc2cccnc12. The summed E-state index contributed by atoms with van der Waals surface area (Å²) in [5, 5.41) is 3.81. The molecule has 1 aromatic heterocycles. The summed E-state index contributed by atoms with van der Waals surface area (Å²) >= 11 is 0. The van der Waals surface area contributed by atoms with Crippen LogP contribution in [0.1, 0.15) is 12.8 Å². The summed E-state index contributed by atoms with van der Waals surface area (Å²) in [6, 6.07) is 9.43. The van der Waals surface area contributed by atoms with Crippen LogP contribution in [0.25, 0.3) is 10.9 Å². The molecule has 1 aliphatic heterocycles. The molecule has 6 heteroatoms. The number of fused-ring (bicyclic) bond motifs is 1. The highest BCUT2D eigenvalue weighted by atomic mass is 16.5. The van der Waals surface area contributed by atoms with Crippen molar-refractivity contribution in [1.29, 1.82) is 0 Å². The molecule has 1 N–H and O–H groups in total. The van der Waals surface area contributed by atoms with Gasteiger partial charge in [0.1, 0.15) is 0 Å². The van der Waals surface area contributed by atoms with Crippen LogP contribution in [-0.2, 0) is 14.3 Å². The van der Waals surface area contributed by atoms with Gasteiger partial charge < -0.3 is 15.0 Å². The lowest BCUT2D eigenvalue weighted by Gasteiger charge is -2.26. The van der Waals surface area contributed by atoms with Gasteiger partial charge in [0.25, 0.3) is 0 Å². The number of pyridine rings is 1. The molecule has 2 amide bonds. The number of benzene rings is 1. The monoisotopic (exact) mass is 313 g/mol. The number of hydrogen-bond donors (Lipinski definition) is 1. The van der Waals surface area contributed by atoms with Crippen molar-refractivity contribution in [2.24, 2.45) is 0 Å². The van der Waals surface area contributed by atoms with Gasteiger partial charge in [0.05, 0.1) is 24.4 Å². The van der Waals surface area contributed by atoms with E-state index in [9.17, 15) is 9.59 Å². The fourth-order valence-electron chi connectivity index (χ4n) is 2.61. The average molecular weight is 313 g/mol. The predicted octanol–water partition coefficient (Wildman–Crippen LogP) is 1.81. The Balaban J connectivity index is 1.57. The van der Waals surface area contributed by atoms with Gasteiger partial charge >= 0.3 is 0 Å². The second-order valence-corrected chi connectivity index (χ2v) is 5.42. The third kappa shape index (κ3) is 3.84. The molecule has 0 unspecified atom stereocenters. The van der Waals surface area contributed by atoms with E-state index in [-0.39, 0.29) is 24.7 Å². The van der Waals surface area contributed by atoms with Crippen LogP contribution in [0, 0.1) is 0 Å². The highest BCUT2D eigenvalue weighted by molar-refractivity contribution is 6.00. The summed E-state index contributed by atoms with van der Waals surface area (Å²) in [7, 11) is 0. The molecule has 1 fully saturated rings. The lowest BCUT2D eigenvalue weighted by Crippen LogP contribution is -2.40. The van der Waals surface area contributed by atoms with E-state index in [0.29, 0.717) is 32.0 Å². The van der Waals surface area contributed by atoms with Crippen LogP contribution in [0.2, 0.25) is 0 Å². The lowest BCUT2D eigenvalue weighted by atomic mass is 10.2. The van der Waals surface area contributed by atoms with E-state index >= 15 is 0 Å². The van der Waals surface area contributed by atoms with Crippen molar-refractivity contribution >= 4 is 28.4 Å². The van der Waals surface area contributed by atoms with Crippen LogP contribution in [0.4, 0.5) is 5.69 Å². The summed E-state index contributed by atoms with van der Waals surface area (Å²) in [4.78, 5) is 30.2. The number of para-hydroxylation sites is 1. The largest absolute Gasteiger partial charge is 0.378 e. The summed E-state index contributed by atoms with van der Waals surface area (Å²) in [6.07, 6.45) is 2.07. The first-order valence-electron chi connectivity index (χ1n) is 7.73. The number of rotatable bonds is 4. The zero-order valence-corrected chi connectivity index (χ0v) is 12.8. The van der Waals surface area contributed by atoms with Crippen LogP contribution < -0.4 is 5.32 Å². The van der Waals surface area contributed by atoms with Crippen molar-refractivity contribution in [1.82, 2.24) is 9.88 Å². The van der Waals surface area contributed by atoms with Crippen LogP contribution in [0.15, 0.2) is 36.5 Å². The first-order chi connectivity index (χ1) is 11.2. The van der Waals surface area contributed by atoms with E-state index in [2.05, 4.69) is 10.3 Å². The van der Waals surface area contributed by atoms with Crippen molar-refractivity contribution in [2.75, 3.05) is 31.6 Å². The van der Waals surface area contributed by atoms with E-state index in [4.69, 9.17) is 4.74 Å². The lowest BCUT2D eigenvalue weighted by molar-refractivity contribution is -0.136. The highest BCUT2D eigenvalue weighted by Crippen LogP contribution is 2.20. The number of anilines is 1. The average Bonchev–Trinajstić information content (AvgIpc) is 2.61. The van der Waals surface area contributed by atoms with E-state index in [1.54, 1.807) is 11.1 Å². The van der Waals surface area contributed by atoms with Crippen molar-refractivity contribution < 1.29 is 14.3 Å². The third-order valence-electron chi connectivity index (χ3n) is 3.84. The van der Waals surface area contributed by atoms with Gasteiger partial charge in [0, 0.05) is 37.5 Å². The Morgan fingerprint density at radius 3 is 2.74 bits per heavy atom. The second-order valence-electron chi connectivity index (χ2n) is 5.42. The first-order valence-corrected chi connectivity index (χ1v) is 7.73. The molecule has 1 aliphatic rings. The minimum atomic E-state index is -0.176. The number of carbonyl (C=O) groups is 2. The molecule has 120 valence electrons. The van der Waals surface area contributed by atoms with Crippen LogP contribution >= 0.6 is 0 Å². The number of hydrogen-bond acceptors (Lipinski definition) is 4. The number of amides is 2. The van der Waals surface area contributed by atoms with Crippen molar-refractivity contribution in [3.63, 3.8) is 0 Å². The number of aromatic nitrogens is 1. The van der Waals surface area contributed by atoms with Gasteiger partial charge in [0.15, 0.2) is 0 Å². The highest BCUT2D eigenvalue weighted by Gasteiger charge is 2.17. The molecule has 1 saturated heterocycles. The molecular weight excluding hydrogens is 294 g/mol. The quantitative estimate of drug-likeness (QED) is 0.934. The molecular formula is C17H19N3O3. The molecule has 6 nitrogen and oxygen atoms in total. The third-order valence-corrected chi connectivity index (χ3v) is 3.84. The summed E-state index contributed by atoms with van der Waals surface area (Å²) in [5.74, 6) is -0.177. The van der Waals surface area contributed by atoms with Gasteiger partial charge in [-0.2, -0.15) is 0 Å². The van der Waals surface area contributed by atoms with Gasteiger partial charge in [-0.3, -0.25) is 14.6 Å². The van der Waals surface area contributed by atoms with Gasteiger partial charge in [-0.15, -0.1) is 0 Å². The predicted molar refractivity (Wildman–Crippen MR) is 87.0 cm³/mol. The number of carbonyl (C=O) groups excluding carboxylic acids is 2. The summed E-state index contributed by atoms with van der Waals surface area (Å²) in [6.45, 7) is 2.35. The van der Waals surface area contributed by atoms with Crippen molar-refractivity contribution in [3.8, 4) is 0 Å². The molecule has 23 heavy (non-hydrogen) atoms. The molecule has 0 atom stereocenters. The Morgan fingerprint density at radius 2 is 1.91 bits per heavy atom. The van der Waals surface area contributed by atoms with E-state index < -0.39 is 0 Å². The molecule has 0 aliphatic carbocycles. The molecule has 3 rings (SSSR count). The van der Waals surface area contributed by atoms with Crippen molar-refractivity contribution in [3.05, 3.63) is 36.5 Å². The number of ether oxygens (including phenoxy) is 1. The zero-order chi connectivity index (χ0) is 16.1. The van der Waals surface area contributed by atoms with Gasteiger partial charge in [-0.1, -0.05) is 18.2 Å². The molecule has 2 aromatic rings. The van der Waals surface area contributed by atoms with Gasteiger partial charge in [-0.05, 0) is 12.1 Å². The summed E-state index contributed by atoms with van der Waals surface area (Å²) in [5.41, 5.74) is 1.43. The van der Waals surface area contributed by atoms with E-state index in [0.717, 1.165) is 10.9 Å². The van der Waals surface area contributed by atoms with E-state index in [1.165, 1.54) is 0 Å². The first kappa shape index (κ1) is 15.4. The molecule has 0 spiro atoms. The van der Waals surface area contributed by atoms with Gasteiger partial charge in [0.2, 0.25) is 11.8 Å². The molecule has 2 heterocycles. The van der Waals surface area contributed by atoms with E-state index in [1.807, 2.05) is 30.3 Å². The van der Waals surface area contributed by atoms with Gasteiger partial charge in [-0.25, -0.2) is 0 Å².